The van der Waals surface area contributed by atoms with Crippen LogP contribution in [0.25, 0.3) is 0 Å². The van der Waals surface area contributed by atoms with E-state index in [1.807, 2.05) is 12.1 Å². The number of nitrogens with one attached hydrogen (secondary N) is 1. The maximum absolute atomic E-state index is 11.9. The van der Waals surface area contributed by atoms with Gasteiger partial charge in [0.1, 0.15) is 0 Å². The summed E-state index contributed by atoms with van der Waals surface area (Å²) in [6.45, 7) is 8.34. The van der Waals surface area contributed by atoms with Gasteiger partial charge in [-0.25, -0.2) is 8.42 Å². The number of fused-ring (bicyclic) bond motifs is 1. The van der Waals surface area contributed by atoms with Crippen molar-refractivity contribution >= 4 is 21.4 Å². The molecule has 1 N–H and O–H groups in total. The largest absolute Gasteiger partial charge is 0.308 e. The van der Waals surface area contributed by atoms with Crippen LogP contribution in [0.15, 0.2) is 18.2 Å². The van der Waals surface area contributed by atoms with Crippen LogP contribution in [0.2, 0.25) is 5.02 Å². The number of rotatable bonds is 4. The van der Waals surface area contributed by atoms with E-state index in [9.17, 15) is 8.42 Å². The molecule has 2 rings (SSSR count). The van der Waals surface area contributed by atoms with E-state index in [-0.39, 0.29) is 11.5 Å². The molecule has 0 bridgehead atoms. The van der Waals surface area contributed by atoms with Gasteiger partial charge in [-0.2, -0.15) is 0 Å². The predicted molar refractivity (Wildman–Crippen MR) is 88.6 cm³/mol. The second kappa shape index (κ2) is 5.25. The molecule has 0 aliphatic heterocycles. The highest BCUT2D eigenvalue weighted by Gasteiger charge is 2.40. The van der Waals surface area contributed by atoms with E-state index in [1.54, 1.807) is 13.8 Å². The molecule has 0 fully saturated rings. The van der Waals surface area contributed by atoms with Crippen molar-refractivity contribution in [1.82, 2.24) is 5.32 Å². The number of hydrogen-bond donors (Lipinski definition) is 1. The molecule has 0 amide bonds. The van der Waals surface area contributed by atoms with Gasteiger partial charge in [0.2, 0.25) is 0 Å². The molecule has 0 saturated carbocycles. The Morgan fingerprint density at radius 3 is 2.57 bits per heavy atom. The molecule has 0 spiro atoms. The van der Waals surface area contributed by atoms with Crippen molar-refractivity contribution in [3.05, 3.63) is 34.3 Å². The molecule has 1 unspecified atom stereocenters. The first-order valence-electron chi connectivity index (χ1n) is 7.15. The summed E-state index contributed by atoms with van der Waals surface area (Å²) in [4.78, 5) is 0. The molecule has 1 aliphatic carbocycles. The van der Waals surface area contributed by atoms with Crippen LogP contribution >= 0.6 is 11.6 Å². The second-order valence-electron chi connectivity index (χ2n) is 7.35. The summed E-state index contributed by atoms with van der Waals surface area (Å²) < 4.78 is 22.9. The Kier molecular flexibility index (Phi) is 4.20. The molecular formula is C16H24ClNO2S. The van der Waals surface area contributed by atoms with Crippen LogP contribution in [-0.4, -0.2) is 26.0 Å². The van der Waals surface area contributed by atoms with Gasteiger partial charge in [-0.3, -0.25) is 0 Å². The molecule has 118 valence electrons. The van der Waals surface area contributed by atoms with E-state index in [0.717, 1.165) is 11.4 Å². The van der Waals surface area contributed by atoms with Crippen molar-refractivity contribution in [2.75, 3.05) is 12.8 Å². The minimum absolute atomic E-state index is 0.0423. The smallest absolute Gasteiger partial charge is 0.153 e. The molecule has 0 heterocycles. The average molecular weight is 330 g/mol. The quantitative estimate of drug-likeness (QED) is 0.921. The summed E-state index contributed by atoms with van der Waals surface area (Å²) in [6, 6.07) is 6.10. The Balaban J connectivity index is 2.26. The Hall–Kier alpha value is -0.580. The first kappa shape index (κ1) is 16.8. The molecule has 0 radical (unpaired) electrons. The molecular weight excluding hydrogens is 306 g/mol. The van der Waals surface area contributed by atoms with Crippen LogP contribution in [0.3, 0.4) is 0 Å². The van der Waals surface area contributed by atoms with Crippen molar-refractivity contribution in [2.45, 2.75) is 44.9 Å². The van der Waals surface area contributed by atoms with Crippen molar-refractivity contribution in [3.8, 4) is 0 Å². The third kappa shape index (κ3) is 3.27. The molecule has 0 aromatic heterocycles. The monoisotopic (exact) mass is 329 g/mol. The highest BCUT2D eigenvalue weighted by molar-refractivity contribution is 7.92. The molecule has 3 nitrogen and oxygen atoms in total. The van der Waals surface area contributed by atoms with Gasteiger partial charge in [0.25, 0.3) is 0 Å². The molecule has 21 heavy (non-hydrogen) atoms. The van der Waals surface area contributed by atoms with Crippen molar-refractivity contribution in [3.63, 3.8) is 0 Å². The van der Waals surface area contributed by atoms with Crippen molar-refractivity contribution in [1.29, 1.82) is 0 Å². The number of sulfone groups is 1. The van der Waals surface area contributed by atoms with E-state index in [2.05, 4.69) is 25.2 Å². The van der Waals surface area contributed by atoms with Gasteiger partial charge >= 0.3 is 0 Å². The SMILES string of the molecule is CC1(C)Cc2ccc(Cl)cc2C1NCC(C)(C)S(C)(=O)=O. The lowest BCUT2D eigenvalue weighted by Gasteiger charge is -2.32. The summed E-state index contributed by atoms with van der Waals surface area (Å²) in [6.07, 6.45) is 2.26. The fraction of sp³-hybridized carbons (Fsp3) is 0.625. The topological polar surface area (TPSA) is 46.2 Å². The lowest BCUT2D eigenvalue weighted by Crippen LogP contribution is -2.45. The van der Waals surface area contributed by atoms with Gasteiger partial charge in [-0.1, -0.05) is 31.5 Å². The highest BCUT2D eigenvalue weighted by atomic mass is 35.5. The van der Waals surface area contributed by atoms with E-state index >= 15 is 0 Å². The lowest BCUT2D eigenvalue weighted by atomic mass is 9.85. The van der Waals surface area contributed by atoms with E-state index in [4.69, 9.17) is 11.6 Å². The summed E-state index contributed by atoms with van der Waals surface area (Å²) >= 11 is 6.12. The number of halogens is 1. The maximum Gasteiger partial charge on any atom is 0.153 e. The summed E-state index contributed by atoms with van der Waals surface area (Å²) in [7, 11) is -3.11. The van der Waals surface area contributed by atoms with Crippen LogP contribution in [0, 0.1) is 5.41 Å². The molecule has 1 aromatic rings. The lowest BCUT2D eigenvalue weighted by molar-refractivity contribution is 0.264. The van der Waals surface area contributed by atoms with Gasteiger partial charge in [0.15, 0.2) is 9.84 Å². The third-order valence-electron chi connectivity index (χ3n) is 4.58. The molecule has 0 saturated heterocycles. The van der Waals surface area contributed by atoms with Crippen molar-refractivity contribution < 1.29 is 8.42 Å². The Bertz CT molecular complexity index is 650. The zero-order valence-electron chi connectivity index (χ0n) is 13.3. The van der Waals surface area contributed by atoms with Gasteiger partial charge < -0.3 is 5.32 Å². The van der Waals surface area contributed by atoms with Crippen LogP contribution in [-0.2, 0) is 16.3 Å². The van der Waals surface area contributed by atoms with Gasteiger partial charge in [-0.05, 0) is 48.9 Å². The summed E-state index contributed by atoms with van der Waals surface area (Å²) in [5, 5.41) is 4.19. The van der Waals surface area contributed by atoms with Gasteiger partial charge in [0.05, 0.1) is 4.75 Å². The fourth-order valence-electron chi connectivity index (χ4n) is 2.87. The van der Waals surface area contributed by atoms with Crippen LogP contribution in [0.5, 0.6) is 0 Å². The maximum atomic E-state index is 11.9. The van der Waals surface area contributed by atoms with Gasteiger partial charge in [0, 0.05) is 23.9 Å². The molecule has 1 atom stereocenters. The normalized spacial score (nSPS) is 21.3. The van der Waals surface area contributed by atoms with Gasteiger partial charge in [-0.15, -0.1) is 0 Å². The minimum atomic E-state index is -3.11. The summed E-state index contributed by atoms with van der Waals surface area (Å²) in [5.74, 6) is 0. The molecule has 1 aromatic carbocycles. The highest BCUT2D eigenvalue weighted by Crippen LogP contribution is 2.46. The van der Waals surface area contributed by atoms with E-state index in [0.29, 0.717) is 6.54 Å². The predicted octanol–water partition coefficient (Wildman–Crippen LogP) is 3.38. The van der Waals surface area contributed by atoms with E-state index in [1.165, 1.54) is 17.4 Å². The van der Waals surface area contributed by atoms with Crippen molar-refractivity contribution in [2.24, 2.45) is 5.41 Å². The first-order valence-corrected chi connectivity index (χ1v) is 9.42. The zero-order chi connectivity index (χ0) is 16.1. The first-order chi connectivity index (χ1) is 9.44. The van der Waals surface area contributed by atoms with Crippen LogP contribution in [0.4, 0.5) is 0 Å². The molecule has 1 aliphatic rings. The Morgan fingerprint density at radius 2 is 2.00 bits per heavy atom. The zero-order valence-corrected chi connectivity index (χ0v) is 14.9. The van der Waals surface area contributed by atoms with Crippen LogP contribution in [0.1, 0.15) is 44.9 Å². The number of hydrogen-bond acceptors (Lipinski definition) is 3. The third-order valence-corrected chi connectivity index (χ3v) is 6.97. The van der Waals surface area contributed by atoms with Crippen LogP contribution < -0.4 is 5.32 Å². The Morgan fingerprint density at radius 1 is 1.38 bits per heavy atom. The molecule has 5 heteroatoms. The number of benzene rings is 1. The summed E-state index contributed by atoms with van der Waals surface area (Å²) in [5.41, 5.74) is 2.52. The standard InChI is InChI=1S/C16H24ClNO2S/c1-15(2)9-11-6-7-12(17)8-13(11)14(15)18-10-16(3,4)21(5,19)20/h6-8,14,18H,9-10H2,1-5H3. The average Bonchev–Trinajstić information content (AvgIpc) is 2.55. The Labute approximate surface area is 133 Å². The second-order valence-corrected chi connectivity index (χ2v) is 10.4. The fourth-order valence-corrected chi connectivity index (χ4v) is 3.40. The minimum Gasteiger partial charge on any atom is -0.308 e. The van der Waals surface area contributed by atoms with E-state index < -0.39 is 14.6 Å².